The fraction of sp³-hybridized carbons (Fsp3) is 0.556. The van der Waals surface area contributed by atoms with Crippen molar-refractivity contribution in [2.75, 3.05) is 11.9 Å². The number of fused-ring (bicyclic) bond motifs is 1. The Labute approximate surface area is 211 Å². The van der Waals surface area contributed by atoms with Crippen LogP contribution in [0.2, 0.25) is 0 Å². The summed E-state index contributed by atoms with van der Waals surface area (Å²) in [4.78, 5) is 75.1. The summed E-state index contributed by atoms with van der Waals surface area (Å²) in [6.45, 7) is 0.557. The zero-order valence-corrected chi connectivity index (χ0v) is 20.4. The van der Waals surface area contributed by atoms with E-state index in [9.17, 15) is 39.1 Å². The van der Waals surface area contributed by atoms with Crippen molar-refractivity contribution in [2.24, 2.45) is 0 Å². The molecule has 0 saturated carbocycles. The van der Waals surface area contributed by atoms with Crippen molar-refractivity contribution in [3.8, 4) is 0 Å². The van der Waals surface area contributed by atoms with Gasteiger partial charge in [-0.25, -0.2) is 14.3 Å². The predicted molar refractivity (Wildman–Crippen MR) is 122 cm³/mol. The molecule has 9 N–H and O–H groups in total. The van der Waals surface area contributed by atoms with Gasteiger partial charge < -0.3 is 45.6 Å². The number of carbonyl (C=O) groups excluding carboxylic acids is 1. The molecule has 1 saturated heterocycles. The lowest BCUT2D eigenvalue weighted by Gasteiger charge is -2.19. The minimum Gasteiger partial charge on any atom is -0.481 e. The van der Waals surface area contributed by atoms with Gasteiger partial charge >= 0.3 is 19.8 Å². The summed E-state index contributed by atoms with van der Waals surface area (Å²) in [7, 11) is -4.89. The van der Waals surface area contributed by atoms with Crippen LogP contribution in [0.3, 0.4) is 0 Å². The number of amides is 1. The molecule has 3 heterocycles. The van der Waals surface area contributed by atoms with Crippen LogP contribution in [0.4, 0.5) is 5.95 Å². The molecule has 2 aromatic rings. The zero-order chi connectivity index (χ0) is 28.4. The molecule has 210 valence electrons. The summed E-state index contributed by atoms with van der Waals surface area (Å²) in [6.07, 6.45) is -5.81. The average Bonchev–Trinajstić information content (AvgIpc) is 3.35. The van der Waals surface area contributed by atoms with Crippen molar-refractivity contribution >= 4 is 42.8 Å². The SMILES string of the molecule is C[C@H](Nc1nc2c(ncn2[C@@H]2O[C@H](COP(=O)(O)O)[C@@H](O)[C@H]2O)c(=O)[nH]1)C(=O)N[C@@H](CCC(=O)O)C(=O)O. The van der Waals surface area contributed by atoms with E-state index in [4.69, 9.17) is 19.6 Å². The van der Waals surface area contributed by atoms with Crippen LogP contribution in [-0.4, -0.2) is 105 Å². The number of hydrogen-bond acceptors (Lipinski definition) is 12. The number of carbonyl (C=O) groups is 3. The lowest BCUT2D eigenvalue weighted by atomic mass is 10.1. The van der Waals surface area contributed by atoms with E-state index in [1.165, 1.54) is 6.92 Å². The van der Waals surface area contributed by atoms with Crippen LogP contribution in [0.15, 0.2) is 11.1 Å². The van der Waals surface area contributed by atoms with E-state index in [0.717, 1.165) is 10.9 Å². The van der Waals surface area contributed by atoms with E-state index in [1.807, 2.05) is 0 Å². The summed E-state index contributed by atoms with van der Waals surface area (Å²) in [5.74, 6) is -3.79. The van der Waals surface area contributed by atoms with E-state index < -0.39 is 80.9 Å². The van der Waals surface area contributed by atoms with Crippen molar-refractivity contribution in [1.29, 1.82) is 0 Å². The molecule has 0 radical (unpaired) electrons. The molecule has 0 spiro atoms. The third-order valence-corrected chi connectivity index (χ3v) is 5.94. The fourth-order valence-corrected chi connectivity index (χ4v) is 3.88. The lowest BCUT2D eigenvalue weighted by molar-refractivity contribution is -0.143. The molecular formula is C18H25N6O13P. The van der Waals surface area contributed by atoms with Crippen molar-refractivity contribution in [3.05, 3.63) is 16.7 Å². The molecule has 19 nitrogen and oxygen atoms in total. The normalized spacial score (nSPS) is 23.2. The molecule has 1 amide bonds. The molecule has 1 aliphatic heterocycles. The Morgan fingerprint density at radius 1 is 1.26 bits per heavy atom. The molecule has 0 bridgehead atoms. The summed E-state index contributed by atoms with van der Waals surface area (Å²) < 4.78 is 21.8. The van der Waals surface area contributed by atoms with E-state index in [0.29, 0.717) is 0 Å². The summed E-state index contributed by atoms with van der Waals surface area (Å²) in [5.41, 5.74) is -1.16. The van der Waals surface area contributed by atoms with Gasteiger partial charge in [-0.2, -0.15) is 4.98 Å². The van der Waals surface area contributed by atoms with Crippen molar-refractivity contribution < 1.29 is 58.4 Å². The van der Waals surface area contributed by atoms with Gasteiger partial charge in [-0.3, -0.25) is 28.5 Å². The minimum absolute atomic E-state index is 0.165. The number of aliphatic carboxylic acids is 2. The number of carboxylic acids is 2. The van der Waals surface area contributed by atoms with Gasteiger partial charge in [0.25, 0.3) is 5.56 Å². The second-order valence-electron chi connectivity index (χ2n) is 8.27. The van der Waals surface area contributed by atoms with Gasteiger partial charge in [0, 0.05) is 6.42 Å². The topological polar surface area (TPSA) is 296 Å². The number of imidazole rings is 1. The Balaban J connectivity index is 1.78. The number of aliphatic hydroxyl groups excluding tert-OH is 2. The number of hydrogen-bond donors (Lipinski definition) is 9. The van der Waals surface area contributed by atoms with Crippen LogP contribution in [0, 0.1) is 0 Å². The molecule has 0 unspecified atom stereocenters. The van der Waals surface area contributed by atoms with Gasteiger partial charge in [0.1, 0.15) is 30.4 Å². The van der Waals surface area contributed by atoms with E-state index in [-0.39, 0.29) is 23.5 Å². The summed E-state index contributed by atoms with van der Waals surface area (Å²) in [6, 6.07) is -2.64. The van der Waals surface area contributed by atoms with E-state index in [1.54, 1.807) is 0 Å². The fourth-order valence-electron chi connectivity index (χ4n) is 3.54. The highest BCUT2D eigenvalue weighted by Crippen LogP contribution is 2.38. The zero-order valence-electron chi connectivity index (χ0n) is 19.5. The highest BCUT2D eigenvalue weighted by atomic mass is 31.2. The summed E-state index contributed by atoms with van der Waals surface area (Å²) in [5, 5.41) is 43.3. The Morgan fingerprint density at radius 2 is 1.95 bits per heavy atom. The maximum absolute atomic E-state index is 12.5. The molecule has 2 aromatic heterocycles. The molecule has 20 heteroatoms. The second kappa shape index (κ2) is 11.5. The number of phosphoric ester groups is 1. The van der Waals surface area contributed by atoms with Gasteiger partial charge in [0.15, 0.2) is 17.4 Å². The number of carboxylic acid groups (broad SMARTS) is 2. The highest BCUT2D eigenvalue weighted by molar-refractivity contribution is 7.46. The highest BCUT2D eigenvalue weighted by Gasteiger charge is 2.45. The number of rotatable bonds is 12. The number of aromatic amines is 1. The van der Waals surface area contributed by atoms with Crippen molar-refractivity contribution in [2.45, 2.75) is 56.4 Å². The van der Waals surface area contributed by atoms with Gasteiger partial charge in [0.05, 0.1) is 12.9 Å². The lowest BCUT2D eigenvalue weighted by Crippen LogP contribution is -2.47. The first-order valence-corrected chi connectivity index (χ1v) is 12.4. The average molecular weight is 564 g/mol. The van der Waals surface area contributed by atoms with Crippen LogP contribution in [-0.2, 0) is 28.2 Å². The molecule has 0 aromatic carbocycles. The molecular weight excluding hydrogens is 539 g/mol. The van der Waals surface area contributed by atoms with Crippen LogP contribution in [0.25, 0.3) is 11.2 Å². The quantitative estimate of drug-likeness (QED) is 0.117. The number of nitrogens with one attached hydrogen (secondary N) is 3. The molecule has 0 aliphatic carbocycles. The molecule has 38 heavy (non-hydrogen) atoms. The third-order valence-electron chi connectivity index (χ3n) is 5.46. The molecule has 1 aliphatic rings. The van der Waals surface area contributed by atoms with Gasteiger partial charge in [-0.05, 0) is 13.3 Å². The number of phosphoric acid groups is 1. The first kappa shape index (κ1) is 29.1. The Hall–Kier alpha value is -3.45. The third kappa shape index (κ3) is 6.90. The van der Waals surface area contributed by atoms with Crippen LogP contribution >= 0.6 is 7.82 Å². The van der Waals surface area contributed by atoms with Crippen molar-refractivity contribution in [1.82, 2.24) is 24.8 Å². The van der Waals surface area contributed by atoms with Gasteiger partial charge in [-0.1, -0.05) is 0 Å². The van der Waals surface area contributed by atoms with Crippen LogP contribution < -0.4 is 16.2 Å². The summed E-state index contributed by atoms with van der Waals surface area (Å²) >= 11 is 0. The predicted octanol–water partition coefficient (Wildman–Crippen LogP) is -2.92. The number of H-pyrrole nitrogens is 1. The van der Waals surface area contributed by atoms with Crippen LogP contribution in [0.1, 0.15) is 26.0 Å². The first-order valence-electron chi connectivity index (χ1n) is 10.9. The number of ether oxygens (including phenoxy) is 1. The molecule has 6 atom stereocenters. The monoisotopic (exact) mass is 564 g/mol. The van der Waals surface area contributed by atoms with Gasteiger partial charge in [0.2, 0.25) is 11.9 Å². The second-order valence-corrected chi connectivity index (χ2v) is 9.51. The molecule has 3 rings (SSSR count). The first-order chi connectivity index (χ1) is 17.7. The smallest absolute Gasteiger partial charge is 0.469 e. The number of anilines is 1. The van der Waals surface area contributed by atoms with E-state index >= 15 is 0 Å². The Kier molecular flexibility index (Phi) is 8.82. The number of aromatic nitrogens is 4. The van der Waals surface area contributed by atoms with Crippen LogP contribution in [0.5, 0.6) is 0 Å². The standard InChI is InChI=1S/C18H25N6O13P/c1-6(14(29)21-7(17(31)32)2-3-9(25)26)20-18-22-13-10(15(30)23-18)19-5-24(13)16-12(28)11(27)8(37-16)4-36-38(33,34)35/h5-8,11-12,16,27-28H,2-4H2,1H3,(H,21,29)(H,25,26)(H,31,32)(H2,33,34,35)(H2,20,22,23,30)/t6-,7-,8+,11+,12+,16+/m0/s1. The Bertz CT molecular complexity index is 1310. The minimum atomic E-state index is -4.89. The van der Waals surface area contributed by atoms with Gasteiger partial charge in [-0.15, -0.1) is 0 Å². The number of aliphatic hydroxyl groups is 2. The van der Waals surface area contributed by atoms with Crippen molar-refractivity contribution in [3.63, 3.8) is 0 Å². The maximum Gasteiger partial charge on any atom is 0.469 e. The maximum atomic E-state index is 12.5. The van der Waals surface area contributed by atoms with E-state index in [2.05, 4.69) is 30.1 Å². The Morgan fingerprint density at radius 3 is 2.55 bits per heavy atom. The largest absolute Gasteiger partial charge is 0.481 e. The molecule has 1 fully saturated rings. The number of nitrogens with zero attached hydrogens (tertiary/aromatic N) is 3.